The molecule has 5 rings (SSSR count). The first-order chi connectivity index (χ1) is 10.5. The number of carbonyl (C=O) groups is 1. The molecule has 1 aromatic rings. The monoisotopic (exact) mass is 321 g/mol. The highest BCUT2D eigenvalue weighted by molar-refractivity contribution is 6.30. The summed E-state index contributed by atoms with van der Waals surface area (Å²) in [6.07, 6.45) is 7.50. The summed E-state index contributed by atoms with van der Waals surface area (Å²) in [7, 11) is 0. The molecule has 2 nitrogen and oxygen atoms in total. The van der Waals surface area contributed by atoms with Gasteiger partial charge in [0.2, 0.25) is 5.91 Å². The molecule has 4 heteroatoms. The van der Waals surface area contributed by atoms with Crippen LogP contribution in [0.15, 0.2) is 18.2 Å². The van der Waals surface area contributed by atoms with Gasteiger partial charge < -0.3 is 5.32 Å². The normalized spacial score (nSPS) is 35.6. The highest BCUT2D eigenvalue weighted by Crippen LogP contribution is 2.55. The van der Waals surface area contributed by atoms with Crippen molar-refractivity contribution < 1.29 is 9.18 Å². The number of halogens is 2. The fourth-order valence-electron chi connectivity index (χ4n) is 5.44. The molecule has 0 unspecified atom stereocenters. The van der Waals surface area contributed by atoms with Gasteiger partial charge in [-0.1, -0.05) is 17.7 Å². The van der Waals surface area contributed by atoms with Crippen LogP contribution in [0.1, 0.15) is 44.1 Å². The smallest absolute Gasteiger partial charge is 0.224 e. The molecule has 4 saturated carbocycles. The minimum Gasteiger partial charge on any atom is -0.350 e. The molecule has 1 aromatic carbocycles. The van der Waals surface area contributed by atoms with E-state index in [9.17, 15) is 9.18 Å². The third-order valence-corrected chi connectivity index (χ3v) is 6.04. The quantitative estimate of drug-likeness (QED) is 0.892. The maximum Gasteiger partial charge on any atom is 0.224 e. The molecule has 0 heterocycles. The molecule has 0 radical (unpaired) electrons. The summed E-state index contributed by atoms with van der Waals surface area (Å²) in [5.74, 6) is 1.92. The van der Waals surface area contributed by atoms with E-state index < -0.39 is 5.82 Å². The Morgan fingerprint density at radius 2 is 1.77 bits per heavy atom. The predicted molar refractivity (Wildman–Crippen MR) is 84.2 cm³/mol. The van der Waals surface area contributed by atoms with Crippen LogP contribution in [-0.4, -0.2) is 11.4 Å². The maximum absolute atomic E-state index is 13.8. The Kier molecular flexibility index (Phi) is 3.44. The molecule has 4 bridgehead atoms. The summed E-state index contributed by atoms with van der Waals surface area (Å²) >= 11 is 5.76. The van der Waals surface area contributed by atoms with Crippen molar-refractivity contribution in [3.63, 3.8) is 0 Å². The van der Waals surface area contributed by atoms with Gasteiger partial charge in [-0.25, -0.2) is 4.39 Å². The van der Waals surface area contributed by atoms with Crippen LogP contribution < -0.4 is 5.32 Å². The third kappa shape index (κ3) is 2.64. The highest BCUT2D eigenvalue weighted by atomic mass is 35.5. The van der Waals surface area contributed by atoms with Gasteiger partial charge in [-0.2, -0.15) is 0 Å². The van der Waals surface area contributed by atoms with Gasteiger partial charge in [0.15, 0.2) is 0 Å². The van der Waals surface area contributed by atoms with Crippen LogP contribution in [0, 0.1) is 23.6 Å². The standard InChI is InChI=1S/C18H21ClFNO/c19-15-2-1-14(16(20)7-15)6-17(22)21-18-8-11-3-12(9-18)5-13(4-11)10-18/h1-2,7,11-13H,3-6,8-10H2,(H,21,22). The average Bonchev–Trinajstić information content (AvgIpc) is 2.39. The maximum atomic E-state index is 13.8. The first-order valence-electron chi connectivity index (χ1n) is 8.26. The van der Waals surface area contributed by atoms with Crippen LogP contribution in [-0.2, 0) is 11.2 Å². The molecule has 0 aromatic heterocycles. The van der Waals surface area contributed by atoms with Crippen LogP contribution in [0.25, 0.3) is 0 Å². The van der Waals surface area contributed by atoms with Crippen molar-refractivity contribution in [1.82, 2.24) is 5.32 Å². The molecule has 0 atom stereocenters. The minimum absolute atomic E-state index is 0.00522. The van der Waals surface area contributed by atoms with E-state index in [1.165, 1.54) is 25.3 Å². The van der Waals surface area contributed by atoms with E-state index in [0.717, 1.165) is 37.0 Å². The summed E-state index contributed by atoms with van der Waals surface area (Å²) in [4.78, 5) is 12.4. The van der Waals surface area contributed by atoms with Crippen LogP contribution in [0.4, 0.5) is 4.39 Å². The van der Waals surface area contributed by atoms with Crippen LogP contribution in [0.3, 0.4) is 0 Å². The van der Waals surface area contributed by atoms with Gasteiger partial charge in [0.1, 0.15) is 5.82 Å². The highest BCUT2D eigenvalue weighted by Gasteiger charge is 2.51. The van der Waals surface area contributed by atoms with Crippen molar-refractivity contribution in [3.05, 3.63) is 34.6 Å². The molecule has 0 spiro atoms. The van der Waals surface area contributed by atoms with E-state index in [-0.39, 0.29) is 17.9 Å². The predicted octanol–water partition coefficient (Wildman–Crippen LogP) is 4.11. The molecule has 22 heavy (non-hydrogen) atoms. The van der Waals surface area contributed by atoms with Crippen molar-refractivity contribution in [1.29, 1.82) is 0 Å². The largest absolute Gasteiger partial charge is 0.350 e. The number of benzene rings is 1. The Morgan fingerprint density at radius 3 is 2.32 bits per heavy atom. The minimum atomic E-state index is -0.395. The second kappa shape index (κ2) is 5.23. The Bertz CT molecular complexity index is 580. The second-order valence-electron chi connectivity index (χ2n) is 7.66. The summed E-state index contributed by atoms with van der Waals surface area (Å²) < 4.78 is 13.8. The topological polar surface area (TPSA) is 29.1 Å². The SMILES string of the molecule is O=C(Cc1ccc(Cl)cc1F)NC12CC3CC(CC(C3)C1)C2. The third-order valence-electron chi connectivity index (χ3n) is 5.81. The zero-order chi connectivity index (χ0) is 15.3. The molecular formula is C18H21ClFNO. The number of hydrogen-bond donors (Lipinski definition) is 1. The molecule has 0 saturated heterocycles. The number of hydrogen-bond acceptors (Lipinski definition) is 1. The van der Waals surface area contributed by atoms with Gasteiger partial charge in [0.05, 0.1) is 6.42 Å². The lowest BCUT2D eigenvalue weighted by Crippen LogP contribution is -2.60. The molecule has 4 fully saturated rings. The summed E-state index contributed by atoms with van der Waals surface area (Å²) in [6, 6.07) is 4.52. The lowest BCUT2D eigenvalue weighted by molar-refractivity contribution is -0.126. The Balaban J connectivity index is 1.46. The van der Waals surface area contributed by atoms with Crippen molar-refractivity contribution in [2.24, 2.45) is 17.8 Å². The van der Waals surface area contributed by atoms with Crippen molar-refractivity contribution >= 4 is 17.5 Å². The van der Waals surface area contributed by atoms with Crippen molar-refractivity contribution in [3.8, 4) is 0 Å². The number of amides is 1. The van der Waals surface area contributed by atoms with E-state index >= 15 is 0 Å². The van der Waals surface area contributed by atoms with Gasteiger partial charge in [0.25, 0.3) is 0 Å². The molecule has 1 amide bonds. The zero-order valence-electron chi connectivity index (χ0n) is 12.6. The molecule has 4 aliphatic rings. The molecule has 4 aliphatic carbocycles. The van der Waals surface area contributed by atoms with Crippen LogP contribution in [0.5, 0.6) is 0 Å². The fourth-order valence-corrected chi connectivity index (χ4v) is 5.60. The van der Waals surface area contributed by atoms with E-state index in [2.05, 4.69) is 5.32 Å². The number of rotatable bonds is 3. The fraction of sp³-hybridized carbons (Fsp3) is 0.611. The second-order valence-corrected chi connectivity index (χ2v) is 8.10. The van der Waals surface area contributed by atoms with Gasteiger partial charge >= 0.3 is 0 Å². The van der Waals surface area contributed by atoms with Crippen LogP contribution >= 0.6 is 11.6 Å². The Labute approximate surface area is 135 Å². The first kappa shape index (κ1) is 14.5. The summed E-state index contributed by atoms with van der Waals surface area (Å²) in [5.41, 5.74) is 0.418. The Morgan fingerprint density at radius 1 is 1.18 bits per heavy atom. The van der Waals surface area contributed by atoms with Gasteiger partial charge in [-0.15, -0.1) is 0 Å². The first-order valence-corrected chi connectivity index (χ1v) is 8.64. The van der Waals surface area contributed by atoms with Gasteiger partial charge in [0, 0.05) is 10.6 Å². The molecule has 1 N–H and O–H groups in total. The summed E-state index contributed by atoms with van der Waals surface area (Å²) in [5, 5.41) is 3.64. The van der Waals surface area contributed by atoms with E-state index in [1.54, 1.807) is 12.1 Å². The van der Waals surface area contributed by atoms with Gasteiger partial charge in [-0.05, 0) is 74.0 Å². The van der Waals surface area contributed by atoms with E-state index in [1.807, 2.05) is 0 Å². The number of nitrogens with one attached hydrogen (secondary N) is 1. The lowest BCUT2D eigenvalue weighted by atomic mass is 9.53. The van der Waals surface area contributed by atoms with Gasteiger partial charge in [-0.3, -0.25) is 4.79 Å². The van der Waals surface area contributed by atoms with E-state index in [4.69, 9.17) is 11.6 Å². The number of carbonyl (C=O) groups excluding carboxylic acids is 1. The van der Waals surface area contributed by atoms with Crippen molar-refractivity contribution in [2.45, 2.75) is 50.5 Å². The van der Waals surface area contributed by atoms with Crippen molar-refractivity contribution in [2.75, 3.05) is 0 Å². The van der Waals surface area contributed by atoms with Crippen LogP contribution in [0.2, 0.25) is 5.02 Å². The lowest BCUT2D eigenvalue weighted by Gasteiger charge is -2.56. The summed E-state index contributed by atoms with van der Waals surface area (Å²) in [6.45, 7) is 0. The Hall–Kier alpha value is -1.09. The average molecular weight is 322 g/mol. The van der Waals surface area contributed by atoms with E-state index in [0.29, 0.717) is 10.6 Å². The molecular weight excluding hydrogens is 301 g/mol. The zero-order valence-corrected chi connectivity index (χ0v) is 13.3. The molecule has 118 valence electrons. The molecule has 0 aliphatic heterocycles.